The zero-order valence-electron chi connectivity index (χ0n) is 10.6. The lowest BCUT2D eigenvalue weighted by Gasteiger charge is -2.18. The maximum Gasteiger partial charge on any atom is 0.227 e. The summed E-state index contributed by atoms with van der Waals surface area (Å²) >= 11 is 0. The summed E-state index contributed by atoms with van der Waals surface area (Å²) in [5, 5.41) is 12.4. The third kappa shape index (κ3) is 4.44. The second-order valence-corrected chi connectivity index (χ2v) is 4.33. The molecular formula is C13H20N2O2. The maximum atomic E-state index is 11.8. The minimum atomic E-state index is 0.0591. The minimum absolute atomic E-state index is 0.0591. The van der Waals surface area contributed by atoms with Gasteiger partial charge in [0.2, 0.25) is 5.91 Å². The van der Waals surface area contributed by atoms with E-state index in [0.717, 1.165) is 5.69 Å². The van der Waals surface area contributed by atoms with Crippen molar-refractivity contribution in [1.82, 2.24) is 5.32 Å². The van der Waals surface area contributed by atoms with Crippen LogP contribution in [0, 0.1) is 0 Å². The summed E-state index contributed by atoms with van der Waals surface area (Å²) in [6.45, 7) is 4.78. The third-order valence-corrected chi connectivity index (χ3v) is 2.50. The zero-order chi connectivity index (χ0) is 12.8. The molecule has 0 aliphatic carbocycles. The minimum Gasteiger partial charge on any atom is -0.508 e. The van der Waals surface area contributed by atoms with Gasteiger partial charge >= 0.3 is 0 Å². The van der Waals surface area contributed by atoms with Gasteiger partial charge in [0.1, 0.15) is 5.75 Å². The van der Waals surface area contributed by atoms with E-state index in [2.05, 4.69) is 5.32 Å². The molecule has 4 heteroatoms. The lowest BCUT2D eigenvalue weighted by molar-refractivity contribution is -0.118. The van der Waals surface area contributed by atoms with E-state index in [4.69, 9.17) is 5.11 Å². The highest BCUT2D eigenvalue weighted by Crippen LogP contribution is 2.17. The normalized spacial score (nSPS) is 10.6. The molecule has 0 bridgehead atoms. The molecule has 0 aliphatic heterocycles. The molecule has 0 fully saturated rings. The Kier molecular flexibility index (Phi) is 4.97. The van der Waals surface area contributed by atoms with Crippen LogP contribution in [-0.4, -0.2) is 30.6 Å². The Morgan fingerprint density at radius 3 is 2.47 bits per heavy atom. The first-order valence-electron chi connectivity index (χ1n) is 5.79. The molecule has 94 valence electrons. The van der Waals surface area contributed by atoms with Crippen molar-refractivity contribution in [2.75, 3.05) is 18.5 Å². The predicted octanol–water partition coefficient (Wildman–Crippen LogP) is 1.74. The number of phenols is 1. The van der Waals surface area contributed by atoms with Crippen LogP contribution < -0.4 is 10.2 Å². The summed E-state index contributed by atoms with van der Waals surface area (Å²) in [6.07, 6.45) is 0.468. The van der Waals surface area contributed by atoms with Gasteiger partial charge < -0.3 is 15.3 Å². The molecule has 0 saturated carbocycles. The molecule has 0 radical (unpaired) electrons. The molecule has 1 amide bonds. The van der Waals surface area contributed by atoms with Gasteiger partial charge in [-0.15, -0.1) is 0 Å². The van der Waals surface area contributed by atoms with Crippen LogP contribution in [0.5, 0.6) is 5.75 Å². The number of carbonyl (C=O) groups excluding carboxylic acids is 1. The summed E-state index contributed by atoms with van der Waals surface area (Å²) in [6, 6.07) is 6.99. The fraction of sp³-hybridized carbons (Fsp3) is 0.462. The molecule has 1 rings (SSSR count). The molecule has 4 nitrogen and oxygen atoms in total. The van der Waals surface area contributed by atoms with E-state index in [1.807, 2.05) is 13.8 Å². The first kappa shape index (κ1) is 13.5. The van der Waals surface area contributed by atoms with Crippen molar-refractivity contribution in [1.29, 1.82) is 0 Å². The lowest BCUT2D eigenvalue weighted by Crippen LogP contribution is -2.31. The molecule has 1 aromatic carbocycles. The van der Waals surface area contributed by atoms with Crippen LogP contribution in [0.15, 0.2) is 24.3 Å². The predicted molar refractivity (Wildman–Crippen MR) is 69.3 cm³/mol. The van der Waals surface area contributed by atoms with E-state index >= 15 is 0 Å². The second-order valence-electron chi connectivity index (χ2n) is 4.33. The Morgan fingerprint density at radius 2 is 1.94 bits per heavy atom. The number of rotatable bonds is 5. The lowest BCUT2D eigenvalue weighted by atomic mass is 10.2. The smallest absolute Gasteiger partial charge is 0.227 e. The van der Waals surface area contributed by atoms with Crippen LogP contribution in [0.4, 0.5) is 5.69 Å². The Morgan fingerprint density at radius 1 is 1.35 bits per heavy atom. The zero-order valence-corrected chi connectivity index (χ0v) is 10.6. The van der Waals surface area contributed by atoms with E-state index in [1.54, 1.807) is 36.2 Å². The Bertz CT molecular complexity index is 360. The Hall–Kier alpha value is -1.55. The number of phenolic OH excluding ortho intramolecular Hbond substituents is 1. The maximum absolute atomic E-state index is 11.8. The average Bonchev–Trinajstić information content (AvgIpc) is 2.28. The van der Waals surface area contributed by atoms with Crippen LogP contribution in [0.3, 0.4) is 0 Å². The molecule has 1 aromatic rings. The number of nitrogens with zero attached hydrogens (tertiary/aromatic N) is 1. The van der Waals surface area contributed by atoms with E-state index in [0.29, 0.717) is 19.0 Å². The van der Waals surface area contributed by atoms with Gasteiger partial charge in [0.05, 0.1) is 0 Å². The standard InChI is InChI=1S/C13H20N2O2/c1-10(2)14-9-8-13(17)15(3)11-4-6-12(16)7-5-11/h4-7,10,14,16H,8-9H2,1-3H3. The summed E-state index contributed by atoms with van der Waals surface area (Å²) in [7, 11) is 1.74. The molecule has 0 aromatic heterocycles. The van der Waals surface area contributed by atoms with Crippen molar-refractivity contribution in [2.45, 2.75) is 26.3 Å². The number of benzene rings is 1. The van der Waals surface area contributed by atoms with E-state index in [-0.39, 0.29) is 11.7 Å². The number of nitrogens with one attached hydrogen (secondary N) is 1. The molecular weight excluding hydrogens is 216 g/mol. The Labute approximate surface area is 102 Å². The molecule has 0 heterocycles. The summed E-state index contributed by atoms with van der Waals surface area (Å²) in [5.74, 6) is 0.264. The number of hydrogen-bond acceptors (Lipinski definition) is 3. The molecule has 0 atom stereocenters. The summed E-state index contributed by atoms with van der Waals surface area (Å²) in [4.78, 5) is 13.4. The van der Waals surface area contributed by atoms with Gasteiger partial charge in [-0.1, -0.05) is 13.8 Å². The number of anilines is 1. The van der Waals surface area contributed by atoms with Crippen LogP contribution in [0.25, 0.3) is 0 Å². The van der Waals surface area contributed by atoms with E-state index in [9.17, 15) is 4.79 Å². The van der Waals surface area contributed by atoms with Crippen molar-refractivity contribution in [3.63, 3.8) is 0 Å². The molecule has 0 aliphatic rings. The monoisotopic (exact) mass is 236 g/mol. The van der Waals surface area contributed by atoms with Gasteiger partial charge in [0.15, 0.2) is 0 Å². The number of aromatic hydroxyl groups is 1. The SMILES string of the molecule is CC(C)NCCC(=O)N(C)c1ccc(O)cc1. The van der Waals surface area contributed by atoms with Crippen molar-refractivity contribution >= 4 is 11.6 Å². The molecule has 17 heavy (non-hydrogen) atoms. The third-order valence-electron chi connectivity index (χ3n) is 2.50. The fourth-order valence-electron chi connectivity index (χ4n) is 1.46. The van der Waals surface area contributed by atoms with Crippen LogP contribution >= 0.6 is 0 Å². The molecule has 0 unspecified atom stereocenters. The molecule has 2 N–H and O–H groups in total. The summed E-state index contributed by atoms with van der Waals surface area (Å²) in [5.41, 5.74) is 0.789. The van der Waals surface area contributed by atoms with Crippen molar-refractivity contribution in [3.05, 3.63) is 24.3 Å². The van der Waals surface area contributed by atoms with Gasteiger partial charge in [0.25, 0.3) is 0 Å². The highest BCUT2D eigenvalue weighted by molar-refractivity contribution is 5.92. The van der Waals surface area contributed by atoms with Gasteiger partial charge in [-0.25, -0.2) is 0 Å². The van der Waals surface area contributed by atoms with E-state index < -0.39 is 0 Å². The number of hydrogen-bond donors (Lipinski definition) is 2. The number of amides is 1. The molecule has 0 spiro atoms. The highest BCUT2D eigenvalue weighted by atomic mass is 16.3. The van der Waals surface area contributed by atoms with Gasteiger partial charge in [-0.05, 0) is 24.3 Å². The summed E-state index contributed by atoms with van der Waals surface area (Å²) < 4.78 is 0. The largest absolute Gasteiger partial charge is 0.508 e. The van der Waals surface area contributed by atoms with Crippen LogP contribution in [0.1, 0.15) is 20.3 Å². The van der Waals surface area contributed by atoms with Crippen molar-refractivity contribution in [2.24, 2.45) is 0 Å². The van der Waals surface area contributed by atoms with Gasteiger partial charge in [-0.2, -0.15) is 0 Å². The van der Waals surface area contributed by atoms with Crippen molar-refractivity contribution < 1.29 is 9.90 Å². The Balaban J connectivity index is 2.49. The van der Waals surface area contributed by atoms with Gasteiger partial charge in [-0.3, -0.25) is 4.79 Å². The van der Waals surface area contributed by atoms with E-state index in [1.165, 1.54) is 0 Å². The second kappa shape index (κ2) is 6.25. The highest BCUT2D eigenvalue weighted by Gasteiger charge is 2.10. The van der Waals surface area contributed by atoms with Crippen LogP contribution in [-0.2, 0) is 4.79 Å². The average molecular weight is 236 g/mol. The van der Waals surface area contributed by atoms with Gasteiger partial charge in [0, 0.05) is 31.7 Å². The quantitative estimate of drug-likeness (QED) is 0.819. The first-order valence-corrected chi connectivity index (χ1v) is 5.79. The number of carbonyl (C=O) groups is 1. The van der Waals surface area contributed by atoms with Crippen molar-refractivity contribution in [3.8, 4) is 5.75 Å². The topological polar surface area (TPSA) is 52.6 Å². The fourth-order valence-corrected chi connectivity index (χ4v) is 1.46. The van der Waals surface area contributed by atoms with Crippen LogP contribution in [0.2, 0.25) is 0 Å². The molecule has 0 saturated heterocycles. The first-order chi connectivity index (χ1) is 8.00.